The highest BCUT2D eigenvalue weighted by atomic mass is 32.1. The lowest BCUT2D eigenvalue weighted by molar-refractivity contribution is 0.412. The van der Waals surface area contributed by atoms with Gasteiger partial charge in [-0.25, -0.2) is 19.9 Å². The van der Waals surface area contributed by atoms with Crippen LogP contribution >= 0.6 is 11.3 Å². The topological polar surface area (TPSA) is 65.7 Å². The Morgan fingerprint density at radius 1 is 1.12 bits per heavy atom. The van der Waals surface area contributed by atoms with E-state index in [0.29, 0.717) is 6.42 Å². The molecule has 4 aromatic rings. The zero-order chi connectivity index (χ0) is 17.9. The average Bonchev–Trinajstić information content (AvgIpc) is 3.34. The molecule has 0 aliphatic carbocycles. The predicted octanol–water partition coefficient (Wildman–Crippen LogP) is 3.69. The van der Waals surface area contributed by atoms with Gasteiger partial charge in [0.05, 0.1) is 24.8 Å². The summed E-state index contributed by atoms with van der Waals surface area (Å²) < 4.78 is 7.53. The second-order valence-electron chi connectivity index (χ2n) is 5.80. The van der Waals surface area contributed by atoms with Gasteiger partial charge in [-0.2, -0.15) is 0 Å². The van der Waals surface area contributed by atoms with Crippen molar-refractivity contribution in [2.45, 2.75) is 13.3 Å². The van der Waals surface area contributed by atoms with Crippen molar-refractivity contribution >= 4 is 11.3 Å². The first-order chi connectivity index (χ1) is 12.7. The van der Waals surface area contributed by atoms with Crippen LogP contribution < -0.4 is 4.74 Å². The largest absolute Gasteiger partial charge is 0.495 e. The molecule has 0 N–H and O–H groups in total. The zero-order valence-electron chi connectivity index (χ0n) is 14.5. The third kappa shape index (κ3) is 3.34. The lowest BCUT2D eigenvalue weighted by Crippen LogP contribution is -2.00. The van der Waals surface area contributed by atoms with Gasteiger partial charge in [0.2, 0.25) is 0 Å². The quantitative estimate of drug-likeness (QED) is 0.541. The molecule has 0 atom stereocenters. The summed E-state index contributed by atoms with van der Waals surface area (Å²) in [6, 6.07) is 7.99. The molecule has 0 saturated carbocycles. The van der Waals surface area contributed by atoms with E-state index in [-0.39, 0.29) is 0 Å². The Hall–Kier alpha value is -3.06. The van der Waals surface area contributed by atoms with Gasteiger partial charge in [-0.05, 0) is 30.7 Å². The van der Waals surface area contributed by atoms with Gasteiger partial charge in [-0.3, -0.25) is 0 Å². The summed E-state index contributed by atoms with van der Waals surface area (Å²) in [5, 5.41) is 2.84. The molecule has 1 aromatic carbocycles. The van der Waals surface area contributed by atoms with Gasteiger partial charge < -0.3 is 9.30 Å². The van der Waals surface area contributed by atoms with Crippen LogP contribution in [0.25, 0.3) is 16.4 Å². The van der Waals surface area contributed by atoms with E-state index in [0.717, 1.165) is 39.2 Å². The number of aryl methyl sites for hydroxylation is 1. The second-order valence-corrected chi connectivity index (χ2v) is 6.70. The second kappa shape index (κ2) is 7.05. The predicted molar refractivity (Wildman–Crippen MR) is 101 cm³/mol. The number of imidazole rings is 1. The van der Waals surface area contributed by atoms with Gasteiger partial charge >= 0.3 is 0 Å². The van der Waals surface area contributed by atoms with Gasteiger partial charge in [0, 0.05) is 30.4 Å². The van der Waals surface area contributed by atoms with Crippen LogP contribution in [-0.2, 0) is 6.42 Å². The number of ether oxygens (including phenoxy) is 1. The first-order valence-corrected chi connectivity index (χ1v) is 9.00. The van der Waals surface area contributed by atoms with Crippen LogP contribution in [0.2, 0.25) is 0 Å². The Morgan fingerprint density at radius 3 is 2.77 bits per heavy atom. The zero-order valence-corrected chi connectivity index (χ0v) is 15.3. The van der Waals surface area contributed by atoms with E-state index in [1.165, 1.54) is 0 Å². The Labute approximate surface area is 155 Å². The van der Waals surface area contributed by atoms with Crippen molar-refractivity contribution in [3.8, 4) is 22.1 Å². The molecule has 0 fully saturated rings. The van der Waals surface area contributed by atoms with Gasteiger partial charge in [-0.1, -0.05) is 6.07 Å². The highest BCUT2D eigenvalue weighted by Crippen LogP contribution is 2.26. The Balaban J connectivity index is 1.62. The summed E-state index contributed by atoms with van der Waals surface area (Å²) >= 11 is 1.57. The summed E-state index contributed by atoms with van der Waals surface area (Å²) in [5.74, 6) is 1.54. The van der Waals surface area contributed by atoms with Crippen molar-refractivity contribution in [1.82, 2.24) is 24.5 Å². The number of hydrogen-bond acceptors (Lipinski definition) is 6. The molecule has 130 valence electrons. The van der Waals surface area contributed by atoms with Crippen LogP contribution in [-0.4, -0.2) is 31.6 Å². The van der Waals surface area contributed by atoms with Crippen molar-refractivity contribution < 1.29 is 4.74 Å². The standard InChI is InChI=1S/C19H17N5OS/c1-13-11-24(12-22-13)16-4-3-14(9-17(16)25-2)10-18-20-6-5-15(23-18)19-21-7-8-26-19/h3-9,11-12H,10H2,1-2H3. The highest BCUT2D eigenvalue weighted by Gasteiger charge is 2.10. The van der Waals surface area contributed by atoms with E-state index in [9.17, 15) is 0 Å². The Kier molecular flexibility index (Phi) is 4.45. The molecule has 0 saturated heterocycles. The number of nitrogens with zero attached hydrogens (tertiary/aromatic N) is 5. The molecule has 0 unspecified atom stereocenters. The number of rotatable bonds is 5. The molecule has 3 aromatic heterocycles. The van der Waals surface area contributed by atoms with Crippen LogP contribution in [0.3, 0.4) is 0 Å². The van der Waals surface area contributed by atoms with E-state index in [1.807, 2.05) is 41.3 Å². The van der Waals surface area contributed by atoms with Crippen LogP contribution in [0.1, 0.15) is 17.1 Å². The van der Waals surface area contributed by atoms with Crippen molar-refractivity contribution in [3.05, 3.63) is 71.6 Å². The molecule has 7 heteroatoms. The van der Waals surface area contributed by atoms with Crippen molar-refractivity contribution in [2.75, 3.05) is 7.11 Å². The lowest BCUT2D eigenvalue weighted by atomic mass is 10.1. The third-order valence-electron chi connectivity index (χ3n) is 3.95. The van der Waals surface area contributed by atoms with E-state index in [2.05, 4.69) is 26.0 Å². The first kappa shape index (κ1) is 16.4. The SMILES string of the molecule is COc1cc(Cc2nccc(-c3nccs3)n2)ccc1-n1cnc(C)c1. The minimum absolute atomic E-state index is 0.624. The molecule has 0 spiro atoms. The smallest absolute Gasteiger partial charge is 0.143 e. The number of thiazole rings is 1. The summed E-state index contributed by atoms with van der Waals surface area (Å²) in [4.78, 5) is 17.6. The third-order valence-corrected chi connectivity index (χ3v) is 4.75. The molecule has 0 amide bonds. The fraction of sp³-hybridized carbons (Fsp3) is 0.158. The monoisotopic (exact) mass is 363 g/mol. The molecule has 3 heterocycles. The Morgan fingerprint density at radius 2 is 2.04 bits per heavy atom. The molecule has 26 heavy (non-hydrogen) atoms. The number of methoxy groups -OCH3 is 1. The molecule has 6 nitrogen and oxygen atoms in total. The molecular weight excluding hydrogens is 346 g/mol. The molecule has 0 aliphatic heterocycles. The van der Waals surface area contributed by atoms with E-state index in [1.54, 1.807) is 37.2 Å². The van der Waals surface area contributed by atoms with Gasteiger partial charge in [0.1, 0.15) is 22.3 Å². The minimum atomic E-state index is 0.624. The van der Waals surface area contributed by atoms with Crippen molar-refractivity contribution in [2.24, 2.45) is 0 Å². The van der Waals surface area contributed by atoms with Gasteiger partial charge in [-0.15, -0.1) is 11.3 Å². The Bertz CT molecular complexity index is 1030. The summed E-state index contributed by atoms with van der Waals surface area (Å²) in [5.41, 5.74) is 3.85. The molecule has 0 radical (unpaired) electrons. The maximum atomic E-state index is 5.57. The fourth-order valence-electron chi connectivity index (χ4n) is 2.73. The summed E-state index contributed by atoms with van der Waals surface area (Å²) in [6.07, 6.45) is 7.94. The van der Waals surface area contributed by atoms with Crippen LogP contribution in [0.4, 0.5) is 0 Å². The highest BCUT2D eigenvalue weighted by molar-refractivity contribution is 7.13. The normalized spacial score (nSPS) is 10.8. The van der Waals surface area contributed by atoms with E-state index in [4.69, 9.17) is 4.74 Å². The first-order valence-electron chi connectivity index (χ1n) is 8.12. The maximum Gasteiger partial charge on any atom is 0.143 e. The number of aromatic nitrogens is 5. The summed E-state index contributed by atoms with van der Waals surface area (Å²) in [7, 11) is 1.67. The molecule has 0 aliphatic rings. The van der Waals surface area contributed by atoms with Crippen LogP contribution in [0, 0.1) is 6.92 Å². The molecule has 0 bridgehead atoms. The van der Waals surface area contributed by atoms with Gasteiger partial charge in [0.15, 0.2) is 0 Å². The van der Waals surface area contributed by atoms with E-state index < -0.39 is 0 Å². The fourth-order valence-corrected chi connectivity index (χ4v) is 3.34. The molecular formula is C19H17N5OS. The van der Waals surface area contributed by atoms with E-state index >= 15 is 0 Å². The van der Waals surface area contributed by atoms with Crippen LogP contribution in [0.15, 0.2) is 54.6 Å². The van der Waals surface area contributed by atoms with Crippen LogP contribution in [0.5, 0.6) is 5.75 Å². The van der Waals surface area contributed by atoms with Crippen molar-refractivity contribution in [1.29, 1.82) is 0 Å². The average molecular weight is 363 g/mol. The molecule has 4 rings (SSSR count). The lowest BCUT2D eigenvalue weighted by Gasteiger charge is -2.11. The summed E-state index contributed by atoms with van der Waals surface area (Å²) in [6.45, 7) is 1.96. The number of hydrogen-bond donors (Lipinski definition) is 0. The van der Waals surface area contributed by atoms with Gasteiger partial charge in [0.25, 0.3) is 0 Å². The minimum Gasteiger partial charge on any atom is -0.495 e. The van der Waals surface area contributed by atoms with Crippen molar-refractivity contribution in [3.63, 3.8) is 0 Å². The maximum absolute atomic E-state index is 5.57. The number of benzene rings is 1.